The number of thiocarbonyl (C=S) groups is 1. The number of hydrogen-bond acceptors (Lipinski definition) is 2. The van der Waals surface area contributed by atoms with Crippen molar-refractivity contribution in [3.63, 3.8) is 0 Å². The first-order chi connectivity index (χ1) is 8.75. The summed E-state index contributed by atoms with van der Waals surface area (Å²) in [6, 6.07) is 4.70. The van der Waals surface area contributed by atoms with Crippen molar-refractivity contribution in [3.8, 4) is 5.75 Å². The molecule has 2 N–H and O–H groups in total. The summed E-state index contributed by atoms with van der Waals surface area (Å²) in [5.74, 6) is -1.64. The summed E-state index contributed by atoms with van der Waals surface area (Å²) in [5, 5.41) is 0.552. The maximum absolute atomic E-state index is 12.6. The van der Waals surface area contributed by atoms with E-state index in [1.807, 2.05) is 6.92 Å². The van der Waals surface area contributed by atoms with Crippen LogP contribution < -0.4 is 10.5 Å². The van der Waals surface area contributed by atoms with Crippen LogP contribution in [-0.2, 0) is 6.42 Å². The second-order valence-corrected chi connectivity index (χ2v) is 4.79. The smallest absolute Gasteiger partial charge is 0.401 e. The van der Waals surface area contributed by atoms with Crippen LogP contribution in [0.15, 0.2) is 18.2 Å². The molecule has 0 aliphatic heterocycles. The van der Waals surface area contributed by atoms with Gasteiger partial charge in [-0.25, -0.2) is 0 Å². The van der Waals surface area contributed by atoms with Gasteiger partial charge in [0.25, 0.3) is 0 Å². The third-order valence-electron chi connectivity index (χ3n) is 2.55. The Morgan fingerprint density at radius 2 is 2.11 bits per heavy atom. The maximum atomic E-state index is 12.6. The summed E-state index contributed by atoms with van der Waals surface area (Å²) in [6.45, 7) is 1.25. The van der Waals surface area contributed by atoms with Crippen LogP contribution in [0.2, 0.25) is 5.02 Å². The molecule has 2 nitrogen and oxygen atoms in total. The Morgan fingerprint density at radius 1 is 1.47 bits per heavy atom. The lowest BCUT2D eigenvalue weighted by Gasteiger charge is -2.19. The van der Waals surface area contributed by atoms with E-state index in [0.717, 1.165) is 5.56 Å². The molecule has 0 radical (unpaired) electrons. The summed E-state index contributed by atoms with van der Waals surface area (Å²) >= 11 is 10.3. The molecule has 106 valence electrons. The van der Waals surface area contributed by atoms with Gasteiger partial charge in [0.2, 0.25) is 0 Å². The number of alkyl halides is 3. The highest BCUT2D eigenvalue weighted by Gasteiger charge is 2.42. The molecule has 0 heterocycles. The Labute approximate surface area is 119 Å². The number of nitrogens with two attached hydrogens (primary N) is 1. The fourth-order valence-electron chi connectivity index (χ4n) is 1.43. The van der Waals surface area contributed by atoms with Crippen molar-refractivity contribution in [2.75, 3.05) is 6.61 Å². The first-order valence-corrected chi connectivity index (χ1v) is 6.31. The molecule has 0 fully saturated rings. The zero-order valence-electron chi connectivity index (χ0n) is 10.1. The molecular formula is C12H13ClF3NOS. The SMILES string of the molecule is CCc1cc(OCC(C(N)=S)C(F)(F)F)ccc1Cl. The first-order valence-electron chi connectivity index (χ1n) is 5.53. The van der Waals surface area contributed by atoms with Crippen molar-refractivity contribution in [3.05, 3.63) is 28.8 Å². The summed E-state index contributed by atoms with van der Waals surface area (Å²) in [5.41, 5.74) is 5.88. The minimum Gasteiger partial charge on any atom is -0.492 e. The lowest BCUT2D eigenvalue weighted by molar-refractivity contribution is -0.161. The number of ether oxygens (including phenoxy) is 1. The molecule has 19 heavy (non-hydrogen) atoms. The third kappa shape index (κ3) is 4.54. The van der Waals surface area contributed by atoms with E-state index >= 15 is 0 Å². The van der Waals surface area contributed by atoms with E-state index in [4.69, 9.17) is 22.1 Å². The van der Waals surface area contributed by atoms with Crippen molar-refractivity contribution in [1.29, 1.82) is 0 Å². The van der Waals surface area contributed by atoms with Crippen LogP contribution in [0.5, 0.6) is 5.75 Å². The van der Waals surface area contributed by atoms with Crippen molar-refractivity contribution >= 4 is 28.8 Å². The van der Waals surface area contributed by atoms with E-state index in [1.54, 1.807) is 12.1 Å². The molecule has 1 rings (SSSR count). The standard InChI is InChI=1S/C12H13ClF3NOS/c1-2-7-5-8(3-4-10(7)13)18-6-9(11(17)19)12(14,15)16/h3-5,9H,2,6H2,1H3,(H2,17,19). The molecule has 0 spiro atoms. The monoisotopic (exact) mass is 311 g/mol. The molecule has 1 aromatic carbocycles. The number of benzene rings is 1. The highest BCUT2D eigenvalue weighted by molar-refractivity contribution is 7.80. The molecule has 0 saturated carbocycles. The van der Waals surface area contributed by atoms with Gasteiger partial charge in [0.1, 0.15) is 18.3 Å². The lowest BCUT2D eigenvalue weighted by Crippen LogP contribution is -2.38. The van der Waals surface area contributed by atoms with Crippen LogP contribution in [0.4, 0.5) is 13.2 Å². The highest BCUT2D eigenvalue weighted by atomic mass is 35.5. The third-order valence-corrected chi connectivity index (χ3v) is 3.21. The largest absolute Gasteiger partial charge is 0.492 e. The minimum absolute atomic E-state index is 0.312. The number of rotatable bonds is 5. The molecule has 0 saturated heterocycles. The van der Waals surface area contributed by atoms with Crippen LogP contribution in [-0.4, -0.2) is 17.8 Å². The van der Waals surface area contributed by atoms with E-state index in [1.165, 1.54) is 6.07 Å². The quantitative estimate of drug-likeness (QED) is 0.841. The first kappa shape index (κ1) is 16.0. The van der Waals surface area contributed by atoms with Gasteiger partial charge in [-0.15, -0.1) is 0 Å². The lowest BCUT2D eigenvalue weighted by atomic mass is 10.1. The van der Waals surface area contributed by atoms with Crippen LogP contribution >= 0.6 is 23.8 Å². The van der Waals surface area contributed by atoms with Gasteiger partial charge >= 0.3 is 6.18 Å². The van der Waals surface area contributed by atoms with E-state index in [0.29, 0.717) is 17.2 Å². The Bertz CT molecular complexity index is 465. The summed E-state index contributed by atoms with van der Waals surface area (Å²) in [7, 11) is 0. The van der Waals surface area contributed by atoms with Gasteiger partial charge in [-0.1, -0.05) is 30.7 Å². The fourth-order valence-corrected chi connectivity index (χ4v) is 1.88. The Kier molecular flexibility index (Phi) is 5.43. The average Bonchev–Trinajstić information content (AvgIpc) is 2.29. The van der Waals surface area contributed by atoms with Crippen molar-refractivity contribution in [2.45, 2.75) is 19.5 Å². The van der Waals surface area contributed by atoms with Gasteiger partial charge in [-0.2, -0.15) is 13.2 Å². The number of hydrogen-bond donors (Lipinski definition) is 1. The van der Waals surface area contributed by atoms with Crippen molar-refractivity contribution < 1.29 is 17.9 Å². The molecule has 0 amide bonds. The minimum atomic E-state index is -4.51. The molecule has 0 aliphatic carbocycles. The van der Waals surface area contributed by atoms with Gasteiger partial charge in [-0.3, -0.25) is 0 Å². The molecule has 0 aliphatic rings. The average molecular weight is 312 g/mol. The van der Waals surface area contributed by atoms with Crippen molar-refractivity contribution in [1.82, 2.24) is 0 Å². The zero-order chi connectivity index (χ0) is 14.6. The van der Waals surface area contributed by atoms with Gasteiger partial charge in [0, 0.05) is 5.02 Å². The summed E-state index contributed by atoms with van der Waals surface area (Å²) in [6.07, 6.45) is -3.85. The molecule has 1 aromatic rings. The summed E-state index contributed by atoms with van der Waals surface area (Å²) in [4.78, 5) is -0.628. The molecule has 0 aromatic heterocycles. The Morgan fingerprint density at radius 3 is 2.58 bits per heavy atom. The fraction of sp³-hybridized carbons (Fsp3) is 0.417. The highest BCUT2D eigenvalue weighted by Crippen LogP contribution is 2.28. The number of aryl methyl sites for hydroxylation is 1. The van der Waals surface area contributed by atoms with E-state index in [9.17, 15) is 13.2 Å². The maximum Gasteiger partial charge on any atom is 0.401 e. The predicted octanol–water partition coefficient (Wildman–Crippen LogP) is 3.75. The van der Waals surface area contributed by atoms with Gasteiger partial charge in [0.05, 0.1) is 4.99 Å². The van der Waals surface area contributed by atoms with Crippen LogP contribution in [0, 0.1) is 5.92 Å². The van der Waals surface area contributed by atoms with E-state index in [-0.39, 0.29) is 0 Å². The second-order valence-electron chi connectivity index (χ2n) is 3.91. The zero-order valence-corrected chi connectivity index (χ0v) is 11.7. The Balaban J connectivity index is 2.78. The van der Waals surface area contributed by atoms with E-state index < -0.39 is 23.7 Å². The topological polar surface area (TPSA) is 35.2 Å². The van der Waals surface area contributed by atoms with E-state index in [2.05, 4.69) is 12.2 Å². The molecule has 1 unspecified atom stereocenters. The van der Waals surface area contributed by atoms with Crippen molar-refractivity contribution in [2.24, 2.45) is 11.7 Å². The van der Waals surface area contributed by atoms with Gasteiger partial charge in [0.15, 0.2) is 0 Å². The van der Waals surface area contributed by atoms with Crippen LogP contribution in [0.25, 0.3) is 0 Å². The molecule has 1 atom stereocenters. The second kappa shape index (κ2) is 6.43. The van der Waals surface area contributed by atoms with Gasteiger partial charge < -0.3 is 10.5 Å². The number of halogens is 4. The summed E-state index contributed by atoms with van der Waals surface area (Å²) < 4.78 is 43.0. The van der Waals surface area contributed by atoms with Crippen LogP contribution in [0.1, 0.15) is 12.5 Å². The molecular weight excluding hydrogens is 299 g/mol. The molecule has 0 bridgehead atoms. The molecule has 7 heteroatoms. The van der Waals surface area contributed by atoms with Gasteiger partial charge in [-0.05, 0) is 30.2 Å². The van der Waals surface area contributed by atoms with Crippen LogP contribution in [0.3, 0.4) is 0 Å². The normalized spacial score (nSPS) is 13.1. The predicted molar refractivity (Wildman–Crippen MR) is 72.7 cm³/mol. The Hall–Kier alpha value is -1.01.